The number of nitriles is 1. The third kappa shape index (κ3) is 3.93. The Bertz CT molecular complexity index is 1620. The molecule has 0 aliphatic carbocycles. The molecule has 34 heavy (non-hydrogen) atoms. The van der Waals surface area contributed by atoms with E-state index in [0.717, 1.165) is 16.8 Å². The number of hydrogen-bond donors (Lipinski definition) is 1. The maximum Gasteiger partial charge on any atom is 0.346 e. The molecule has 0 saturated heterocycles. The van der Waals surface area contributed by atoms with E-state index in [1.165, 1.54) is 27.9 Å². The van der Waals surface area contributed by atoms with E-state index in [4.69, 9.17) is 10.4 Å². The third-order valence-corrected chi connectivity index (χ3v) is 5.63. The van der Waals surface area contributed by atoms with Crippen LogP contribution in [-0.4, -0.2) is 15.6 Å². The van der Waals surface area contributed by atoms with Crippen LogP contribution >= 0.6 is 0 Å². The number of aromatic nitrogens is 1. The summed E-state index contributed by atoms with van der Waals surface area (Å²) in [7, 11) is 0. The van der Waals surface area contributed by atoms with Crippen molar-refractivity contribution >= 4 is 33.9 Å². The van der Waals surface area contributed by atoms with Crippen molar-refractivity contribution in [1.29, 1.82) is 5.26 Å². The molecule has 0 radical (unpaired) electrons. The van der Waals surface area contributed by atoms with E-state index in [1.807, 2.05) is 24.3 Å². The summed E-state index contributed by atoms with van der Waals surface area (Å²) in [6, 6.07) is 33.8. The van der Waals surface area contributed by atoms with Crippen LogP contribution in [-0.2, 0) is 4.79 Å². The molecule has 1 heterocycles. The lowest BCUT2D eigenvalue weighted by Crippen LogP contribution is -1.97. The van der Waals surface area contributed by atoms with E-state index in [1.54, 1.807) is 18.2 Å². The van der Waals surface area contributed by atoms with Crippen molar-refractivity contribution in [3.8, 4) is 23.6 Å². The van der Waals surface area contributed by atoms with Crippen LogP contribution in [0.1, 0.15) is 16.7 Å². The highest BCUT2D eigenvalue weighted by Gasteiger charge is 2.10. The van der Waals surface area contributed by atoms with Crippen molar-refractivity contribution in [2.24, 2.45) is 0 Å². The normalized spacial score (nSPS) is 11.1. The molecule has 0 atom stereocenters. The summed E-state index contributed by atoms with van der Waals surface area (Å²) in [6.45, 7) is 0. The molecular weight excluding hydrogens is 420 g/mol. The standard InChI is InChI=1S/C30H18N2O2/c31-20-24(30(33)34)19-23-13-11-21(12-14-23)9-10-22-15-17-25(18-16-22)32-28-7-3-1-5-26(28)27-6-2-4-8-29(27)32/h1-8,11-19H,(H,33,34). The van der Waals surface area contributed by atoms with Gasteiger partial charge in [0, 0.05) is 27.6 Å². The topological polar surface area (TPSA) is 66.0 Å². The zero-order valence-electron chi connectivity index (χ0n) is 18.1. The molecule has 4 heteroatoms. The van der Waals surface area contributed by atoms with Crippen LogP contribution in [0, 0.1) is 23.2 Å². The van der Waals surface area contributed by atoms with Gasteiger partial charge in [0.1, 0.15) is 11.6 Å². The molecule has 4 aromatic carbocycles. The number of rotatable bonds is 3. The second-order valence-electron chi connectivity index (χ2n) is 7.76. The van der Waals surface area contributed by atoms with Crippen LogP contribution in [0.4, 0.5) is 0 Å². The zero-order valence-corrected chi connectivity index (χ0v) is 18.1. The van der Waals surface area contributed by atoms with Gasteiger partial charge in [0.2, 0.25) is 0 Å². The quantitative estimate of drug-likeness (QED) is 0.208. The number of nitrogens with zero attached hydrogens (tertiary/aromatic N) is 2. The van der Waals surface area contributed by atoms with Gasteiger partial charge in [-0.2, -0.15) is 5.26 Å². The summed E-state index contributed by atoms with van der Waals surface area (Å²) < 4.78 is 2.26. The fourth-order valence-corrected chi connectivity index (χ4v) is 4.01. The fourth-order valence-electron chi connectivity index (χ4n) is 4.01. The van der Waals surface area contributed by atoms with Gasteiger partial charge < -0.3 is 9.67 Å². The van der Waals surface area contributed by atoms with Crippen LogP contribution in [0.15, 0.2) is 103 Å². The molecule has 160 valence electrons. The first-order valence-corrected chi connectivity index (χ1v) is 10.7. The first-order valence-electron chi connectivity index (χ1n) is 10.7. The highest BCUT2D eigenvalue weighted by Crippen LogP contribution is 2.31. The average Bonchev–Trinajstić information content (AvgIpc) is 3.21. The van der Waals surface area contributed by atoms with Gasteiger partial charge in [-0.15, -0.1) is 0 Å². The highest BCUT2D eigenvalue weighted by molar-refractivity contribution is 6.09. The Kier molecular flexibility index (Phi) is 5.40. The minimum Gasteiger partial charge on any atom is -0.477 e. The number of aliphatic carboxylic acids is 1. The van der Waals surface area contributed by atoms with Crippen molar-refractivity contribution in [3.63, 3.8) is 0 Å². The van der Waals surface area contributed by atoms with Crippen LogP contribution < -0.4 is 0 Å². The first-order chi connectivity index (χ1) is 16.6. The number of carbonyl (C=O) groups is 1. The van der Waals surface area contributed by atoms with Gasteiger partial charge in [0.05, 0.1) is 11.0 Å². The van der Waals surface area contributed by atoms with Crippen molar-refractivity contribution in [2.45, 2.75) is 0 Å². The molecule has 0 aliphatic rings. The van der Waals surface area contributed by atoms with E-state index >= 15 is 0 Å². The molecule has 0 aliphatic heterocycles. The Morgan fingerprint density at radius 2 is 1.24 bits per heavy atom. The first kappa shape index (κ1) is 20.8. The Labute approximate surface area is 196 Å². The minimum atomic E-state index is -1.24. The van der Waals surface area contributed by atoms with E-state index in [9.17, 15) is 4.79 Å². The number of para-hydroxylation sites is 2. The van der Waals surface area contributed by atoms with Crippen LogP contribution in [0.3, 0.4) is 0 Å². The molecule has 4 nitrogen and oxygen atoms in total. The summed E-state index contributed by atoms with van der Waals surface area (Å²) in [5, 5.41) is 20.3. The second kappa shape index (κ2) is 8.82. The van der Waals surface area contributed by atoms with Crippen molar-refractivity contribution in [3.05, 3.63) is 119 Å². The molecule has 0 bridgehead atoms. The van der Waals surface area contributed by atoms with Gasteiger partial charge >= 0.3 is 5.97 Å². The number of benzene rings is 4. The number of carboxylic acid groups (broad SMARTS) is 1. The van der Waals surface area contributed by atoms with E-state index in [-0.39, 0.29) is 5.57 Å². The van der Waals surface area contributed by atoms with Gasteiger partial charge in [-0.25, -0.2) is 4.79 Å². The van der Waals surface area contributed by atoms with Crippen LogP contribution in [0.5, 0.6) is 0 Å². The average molecular weight is 438 g/mol. The maximum absolute atomic E-state index is 11.0. The second-order valence-corrected chi connectivity index (χ2v) is 7.76. The van der Waals surface area contributed by atoms with Crippen molar-refractivity contribution in [2.75, 3.05) is 0 Å². The van der Waals surface area contributed by atoms with Crippen molar-refractivity contribution < 1.29 is 9.90 Å². The van der Waals surface area contributed by atoms with Gasteiger partial charge in [0.15, 0.2) is 0 Å². The lowest BCUT2D eigenvalue weighted by molar-refractivity contribution is -0.132. The molecule has 0 amide bonds. The highest BCUT2D eigenvalue weighted by atomic mass is 16.4. The fraction of sp³-hybridized carbons (Fsp3) is 0. The molecule has 0 saturated carbocycles. The van der Waals surface area contributed by atoms with E-state index in [2.05, 4.69) is 77.1 Å². The maximum atomic E-state index is 11.0. The summed E-state index contributed by atoms with van der Waals surface area (Å²) in [5.74, 6) is 5.07. The monoisotopic (exact) mass is 438 g/mol. The number of fused-ring (bicyclic) bond motifs is 3. The van der Waals surface area contributed by atoms with Gasteiger partial charge in [-0.05, 0) is 60.2 Å². The Balaban J connectivity index is 1.43. The SMILES string of the molecule is N#CC(=Cc1ccc(C#Cc2ccc(-n3c4ccccc4c4ccccc43)cc2)cc1)C(=O)O. The third-order valence-electron chi connectivity index (χ3n) is 5.63. The smallest absolute Gasteiger partial charge is 0.346 e. The number of hydrogen-bond acceptors (Lipinski definition) is 2. The van der Waals surface area contributed by atoms with Crippen molar-refractivity contribution in [1.82, 2.24) is 4.57 Å². The van der Waals surface area contributed by atoms with Gasteiger partial charge in [-0.3, -0.25) is 0 Å². The molecule has 0 fully saturated rings. The molecule has 1 aromatic heterocycles. The van der Waals surface area contributed by atoms with Crippen LogP contribution in [0.2, 0.25) is 0 Å². The molecule has 0 spiro atoms. The lowest BCUT2D eigenvalue weighted by Gasteiger charge is -2.07. The minimum absolute atomic E-state index is 0.304. The molecular formula is C30H18N2O2. The van der Waals surface area contributed by atoms with Crippen LogP contribution in [0.25, 0.3) is 33.6 Å². The summed E-state index contributed by atoms with van der Waals surface area (Å²) in [4.78, 5) is 11.0. The Hall–Kier alpha value is -5.06. The summed E-state index contributed by atoms with van der Waals surface area (Å²) in [6.07, 6.45) is 1.34. The van der Waals surface area contributed by atoms with E-state index in [0.29, 0.717) is 5.56 Å². The molecule has 1 N–H and O–H groups in total. The lowest BCUT2D eigenvalue weighted by atomic mass is 10.1. The summed E-state index contributed by atoms with van der Waals surface area (Å²) in [5.41, 5.74) is 5.44. The Morgan fingerprint density at radius 3 is 1.74 bits per heavy atom. The van der Waals surface area contributed by atoms with E-state index < -0.39 is 5.97 Å². The van der Waals surface area contributed by atoms with Gasteiger partial charge in [-0.1, -0.05) is 60.4 Å². The van der Waals surface area contributed by atoms with Gasteiger partial charge in [0.25, 0.3) is 0 Å². The zero-order chi connectivity index (χ0) is 23.5. The molecule has 5 rings (SSSR count). The molecule has 0 unspecified atom stereocenters. The largest absolute Gasteiger partial charge is 0.477 e. The summed E-state index contributed by atoms with van der Waals surface area (Å²) >= 11 is 0. The Morgan fingerprint density at radius 1 is 0.735 bits per heavy atom. The number of carboxylic acids is 1. The predicted octanol–water partition coefficient (Wildman–Crippen LogP) is 6.18. The molecule has 5 aromatic rings. The predicted molar refractivity (Wildman–Crippen MR) is 134 cm³/mol.